The predicted octanol–water partition coefficient (Wildman–Crippen LogP) is 2.96. The van der Waals surface area contributed by atoms with Gasteiger partial charge in [0.2, 0.25) is 11.8 Å². The van der Waals surface area contributed by atoms with Crippen LogP contribution in [0.1, 0.15) is 17.5 Å². The van der Waals surface area contributed by atoms with Crippen LogP contribution in [0.2, 0.25) is 0 Å². The number of methoxy groups -OCH3 is 2. The van der Waals surface area contributed by atoms with Crippen LogP contribution in [0, 0.1) is 6.92 Å². The Morgan fingerprint density at radius 1 is 1.17 bits per heavy atom. The normalized spacial score (nSPS) is 17.2. The van der Waals surface area contributed by atoms with Crippen LogP contribution in [-0.4, -0.2) is 42.7 Å². The molecular formula is C21H22N4O4S. The molecule has 0 aromatic heterocycles. The highest BCUT2D eigenvalue weighted by Crippen LogP contribution is 2.27. The van der Waals surface area contributed by atoms with Crippen LogP contribution in [-0.2, 0) is 9.59 Å². The number of aryl methyl sites for hydroxylation is 1. The molecule has 0 radical (unpaired) electrons. The summed E-state index contributed by atoms with van der Waals surface area (Å²) in [6, 6.07) is 12.8. The lowest BCUT2D eigenvalue weighted by Crippen LogP contribution is -2.28. The summed E-state index contributed by atoms with van der Waals surface area (Å²) in [6.07, 6.45) is 1.59. The molecule has 1 saturated heterocycles. The first-order valence-corrected chi connectivity index (χ1v) is 10.0. The first-order valence-electron chi connectivity index (χ1n) is 9.15. The van der Waals surface area contributed by atoms with Gasteiger partial charge in [0.1, 0.15) is 5.25 Å². The Balaban J connectivity index is 1.57. The SMILES string of the molecule is COc1ccc(/C=N/N=C2\NC(=O)C(CC(=O)Nc3ccc(C)cc3)S2)cc1OC. The number of amides is 2. The lowest BCUT2D eigenvalue weighted by atomic mass is 10.2. The van der Waals surface area contributed by atoms with Crippen molar-refractivity contribution in [2.45, 2.75) is 18.6 Å². The third-order valence-corrected chi connectivity index (χ3v) is 5.32. The van der Waals surface area contributed by atoms with E-state index >= 15 is 0 Å². The molecule has 0 saturated carbocycles. The number of rotatable bonds is 7. The van der Waals surface area contributed by atoms with Gasteiger partial charge >= 0.3 is 0 Å². The van der Waals surface area contributed by atoms with Gasteiger partial charge in [0, 0.05) is 12.1 Å². The summed E-state index contributed by atoms with van der Waals surface area (Å²) in [6.45, 7) is 1.97. The summed E-state index contributed by atoms with van der Waals surface area (Å²) in [5.74, 6) is 0.698. The zero-order valence-electron chi connectivity index (χ0n) is 16.8. The first kappa shape index (κ1) is 21.4. The molecule has 1 unspecified atom stereocenters. The van der Waals surface area contributed by atoms with E-state index in [0.717, 1.165) is 11.1 Å². The molecule has 3 rings (SSSR count). The molecule has 30 heavy (non-hydrogen) atoms. The van der Waals surface area contributed by atoms with Crippen molar-refractivity contribution in [2.75, 3.05) is 19.5 Å². The highest BCUT2D eigenvalue weighted by Gasteiger charge is 2.32. The number of anilines is 1. The van der Waals surface area contributed by atoms with Crippen LogP contribution >= 0.6 is 11.8 Å². The van der Waals surface area contributed by atoms with Crippen molar-refractivity contribution in [2.24, 2.45) is 10.2 Å². The molecule has 0 aliphatic carbocycles. The second kappa shape index (κ2) is 9.93. The van der Waals surface area contributed by atoms with Crippen LogP contribution in [0.4, 0.5) is 5.69 Å². The maximum atomic E-state index is 12.2. The standard InChI is InChI=1S/C21H22N4O4S/c1-13-4-7-15(8-5-13)23-19(26)11-18-20(27)24-21(30-18)25-22-12-14-6-9-16(28-2)17(10-14)29-3/h4-10,12,18H,11H2,1-3H3,(H,23,26)(H,24,25,27)/b22-12+. The highest BCUT2D eigenvalue weighted by molar-refractivity contribution is 8.15. The topological polar surface area (TPSA) is 101 Å². The number of hydrogen-bond donors (Lipinski definition) is 2. The Labute approximate surface area is 178 Å². The van der Waals surface area contributed by atoms with Crippen molar-refractivity contribution >= 4 is 40.6 Å². The molecule has 2 aromatic rings. The number of thioether (sulfide) groups is 1. The number of nitrogens with one attached hydrogen (secondary N) is 2. The predicted molar refractivity (Wildman–Crippen MR) is 119 cm³/mol. The molecule has 1 atom stereocenters. The van der Waals surface area contributed by atoms with Gasteiger partial charge in [-0.1, -0.05) is 29.5 Å². The molecule has 2 N–H and O–H groups in total. The average Bonchev–Trinajstić information content (AvgIpc) is 3.08. The molecule has 0 spiro atoms. The summed E-state index contributed by atoms with van der Waals surface area (Å²) >= 11 is 1.18. The highest BCUT2D eigenvalue weighted by atomic mass is 32.2. The summed E-state index contributed by atoms with van der Waals surface area (Å²) in [4.78, 5) is 24.4. The Morgan fingerprint density at radius 2 is 1.90 bits per heavy atom. The van der Waals surface area contributed by atoms with Gasteiger partial charge in [0.25, 0.3) is 0 Å². The largest absolute Gasteiger partial charge is 0.493 e. The number of hydrogen-bond acceptors (Lipinski definition) is 7. The maximum absolute atomic E-state index is 12.2. The summed E-state index contributed by atoms with van der Waals surface area (Å²) < 4.78 is 10.4. The number of amidine groups is 1. The van der Waals surface area contributed by atoms with E-state index in [1.807, 2.05) is 37.3 Å². The van der Waals surface area contributed by atoms with E-state index in [2.05, 4.69) is 20.8 Å². The third kappa shape index (κ3) is 5.60. The van der Waals surface area contributed by atoms with E-state index in [4.69, 9.17) is 9.47 Å². The van der Waals surface area contributed by atoms with Crippen LogP contribution in [0.25, 0.3) is 0 Å². The molecule has 8 nitrogen and oxygen atoms in total. The number of ether oxygens (including phenoxy) is 2. The summed E-state index contributed by atoms with van der Waals surface area (Å²) in [7, 11) is 3.12. The van der Waals surface area contributed by atoms with Crippen molar-refractivity contribution < 1.29 is 19.1 Å². The van der Waals surface area contributed by atoms with E-state index in [-0.39, 0.29) is 18.2 Å². The van der Waals surface area contributed by atoms with E-state index in [1.165, 1.54) is 11.8 Å². The third-order valence-electron chi connectivity index (χ3n) is 4.25. The first-order chi connectivity index (χ1) is 14.5. The van der Waals surface area contributed by atoms with Crippen molar-refractivity contribution in [3.8, 4) is 11.5 Å². The summed E-state index contributed by atoms with van der Waals surface area (Å²) in [5, 5.41) is 13.3. The molecule has 156 valence electrons. The lowest BCUT2D eigenvalue weighted by Gasteiger charge is -2.07. The van der Waals surface area contributed by atoms with Gasteiger partial charge in [-0.25, -0.2) is 0 Å². The van der Waals surface area contributed by atoms with Crippen molar-refractivity contribution in [1.29, 1.82) is 0 Å². The fourth-order valence-electron chi connectivity index (χ4n) is 2.68. The Kier molecular flexibility index (Phi) is 7.08. The van der Waals surface area contributed by atoms with Crippen molar-refractivity contribution in [1.82, 2.24) is 5.32 Å². The minimum absolute atomic E-state index is 0.0444. The molecule has 2 aromatic carbocycles. The van der Waals surface area contributed by atoms with Crippen LogP contribution in [0.3, 0.4) is 0 Å². The van der Waals surface area contributed by atoms with Gasteiger partial charge in [0.15, 0.2) is 16.7 Å². The molecule has 1 fully saturated rings. The maximum Gasteiger partial charge on any atom is 0.240 e. The van der Waals surface area contributed by atoms with Crippen molar-refractivity contribution in [3.05, 3.63) is 53.6 Å². The quantitative estimate of drug-likeness (QED) is 0.524. The molecule has 1 heterocycles. The number of benzene rings is 2. The minimum atomic E-state index is -0.550. The van der Waals surface area contributed by atoms with Crippen LogP contribution in [0.15, 0.2) is 52.7 Å². The number of carbonyl (C=O) groups is 2. The average molecular weight is 426 g/mol. The minimum Gasteiger partial charge on any atom is -0.493 e. The zero-order valence-corrected chi connectivity index (χ0v) is 17.7. The molecular weight excluding hydrogens is 404 g/mol. The monoisotopic (exact) mass is 426 g/mol. The Morgan fingerprint density at radius 3 is 2.60 bits per heavy atom. The molecule has 1 aliphatic rings. The molecule has 9 heteroatoms. The lowest BCUT2D eigenvalue weighted by molar-refractivity contribution is -0.122. The van der Waals surface area contributed by atoms with Crippen LogP contribution in [0.5, 0.6) is 11.5 Å². The zero-order chi connectivity index (χ0) is 21.5. The van der Waals surface area contributed by atoms with E-state index in [9.17, 15) is 9.59 Å². The van der Waals surface area contributed by atoms with Gasteiger partial charge in [0.05, 0.1) is 20.4 Å². The second-order valence-corrected chi connectivity index (χ2v) is 7.67. The van der Waals surface area contributed by atoms with E-state index in [1.54, 1.807) is 32.6 Å². The number of carbonyl (C=O) groups excluding carboxylic acids is 2. The van der Waals surface area contributed by atoms with Crippen molar-refractivity contribution in [3.63, 3.8) is 0 Å². The Bertz CT molecular complexity index is 989. The molecule has 0 bridgehead atoms. The molecule has 2 amide bonds. The fourth-order valence-corrected chi connectivity index (χ4v) is 3.61. The van der Waals surface area contributed by atoms with Gasteiger partial charge in [-0.05, 0) is 42.8 Å². The van der Waals surface area contributed by atoms with Gasteiger partial charge in [-0.3, -0.25) is 9.59 Å². The fraction of sp³-hybridized carbons (Fsp3) is 0.238. The van der Waals surface area contributed by atoms with Gasteiger partial charge in [-0.2, -0.15) is 5.10 Å². The van der Waals surface area contributed by atoms with Gasteiger partial charge < -0.3 is 20.1 Å². The smallest absolute Gasteiger partial charge is 0.240 e. The van der Waals surface area contributed by atoms with E-state index in [0.29, 0.717) is 22.4 Å². The number of nitrogens with zero attached hydrogens (tertiary/aromatic N) is 2. The van der Waals surface area contributed by atoms with E-state index < -0.39 is 5.25 Å². The summed E-state index contributed by atoms with van der Waals surface area (Å²) in [5.41, 5.74) is 2.57. The second-order valence-electron chi connectivity index (χ2n) is 6.48. The Hall–Kier alpha value is -3.33. The van der Waals surface area contributed by atoms with Gasteiger partial charge in [-0.15, -0.1) is 5.10 Å². The molecule has 1 aliphatic heterocycles. The van der Waals surface area contributed by atoms with Crippen LogP contribution < -0.4 is 20.1 Å².